The van der Waals surface area contributed by atoms with Gasteiger partial charge in [-0.3, -0.25) is 4.79 Å². The van der Waals surface area contributed by atoms with E-state index in [1.165, 1.54) is 24.1 Å². The Hall–Kier alpha value is -1.80. The zero-order valence-corrected chi connectivity index (χ0v) is 14.6. The molecule has 0 aromatic heterocycles. The van der Waals surface area contributed by atoms with Gasteiger partial charge in [0.15, 0.2) is 0 Å². The van der Waals surface area contributed by atoms with Crippen LogP contribution >= 0.6 is 0 Å². The number of aliphatic hydroxyl groups excluding tert-OH is 1. The monoisotopic (exact) mass is 362 g/mol. The first-order valence-electron chi connectivity index (χ1n) is 8.00. The van der Waals surface area contributed by atoms with Crippen LogP contribution in [0.4, 0.5) is 13.2 Å². The lowest BCUT2D eigenvalue weighted by Crippen LogP contribution is -2.53. The van der Waals surface area contributed by atoms with Crippen LogP contribution in [0, 0.1) is 0 Å². The zero-order valence-electron chi connectivity index (χ0n) is 14.6. The molecule has 0 bridgehead atoms. The minimum Gasteiger partial charge on any atom is -0.491 e. The van der Waals surface area contributed by atoms with Gasteiger partial charge in [0.25, 0.3) is 0 Å². The summed E-state index contributed by atoms with van der Waals surface area (Å²) in [5.41, 5.74) is 4.19. The molecule has 0 heterocycles. The molecule has 8 heteroatoms. The van der Waals surface area contributed by atoms with Crippen molar-refractivity contribution in [1.82, 2.24) is 4.90 Å². The topological polar surface area (TPSA) is 75.8 Å². The number of likely N-dealkylation sites (N-methyl/N-ethyl adjacent to an activating group) is 1. The number of carbonyl (C=O) groups is 1. The van der Waals surface area contributed by atoms with Crippen LogP contribution in [-0.4, -0.2) is 47.8 Å². The number of nitrogens with two attached hydrogens (primary N) is 1. The number of carbonyl (C=O) groups excluding carboxylic acids is 1. The van der Waals surface area contributed by atoms with Crippen LogP contribution < -0.4 is 10.5 Å². The van der Waals surface area contributed by atoms with Crippen molar-refractivity contribution in [2.45, 2.75) is 44.5 Å². The van der Waals surface area contributed by atoms with Crippen molar-refractivity contribution in [3.8, 4) is 5.75 Å². The first-order valence-corrected chi connectivity index (χ1v) is 8.00. The average Bonchev–Trinajstić information content (AvgIpc) is 2.51. The van der Waals surface area contributed by atoms with Crippen LogP contribution in [0.2, 0.25) is 0 Å². The number of hydrogen-bond donors (Lipinski definition) is 2. The largest absolute Gasteiger partial charge is 0.491 e. The molecule has 0 aliphatic carbocycles. The van der Waals surface area contributed by atoms with Crippen molar-refractivity contribution in [2.75, 3.05) is 20.2 Å². The van der Waals surface area contributed by atoms with Crippen molar-refractivity contribution in [1.29, 1.82) is 0 Å². The van der Waals surface area contributed by atoms with Gasteiger partial charge >= 0.3 is 6.18 Å². The third-order valence-electron chi connectivity index (χ3n) is 3.71. The van der Waals surface area contributed by atoms with Gasteiger partial charge in [0.1, 0.15) is 18.5 Å². The molecule has 0 saturated heterocycles. The lowest BCUT2D eigenvalue weighted by Gasteiger charge is -2.30. The maximum absolute atomic E-state index is 12.5. The number of benzene rings is 1. The first-order chi connectivity index (χ1) is 11.5. The van der Waals surface area contributed by atoms with E-state index in [2.05, 4.69) is 0 Å². The number of alkyl halides is 3. The fourth-order valence-electron chi connectivity index (χ4n) is 2.45. The number of ether oxygens (including phenoxy) is 1. The second-order valence-corrected chi connectivity index (χ2v) is 6.34. The zero-order chi connectivity index (χ0) is 19.3. The molecule has 1 rings (SSSR count). The van der Waals surface area contributed by atoms with Crippen LogP contribution in [0.3, 0.4) is 0 Å². The molecule has 5 nitrogen and oxygen atoms in total. The van der Waals surface area contributed by atoms with Crippen molar-refractivity contribution in [3.63, 3.8) is 0 Å². The standard InChI is InChI=1S/C17H25F3N2O3/c1-4-9-16(2,21)15(24)22(3)10-13(23)11-25-14-7-5-12(6-8-14)17(18,19)20/h5-8,13,23H,4,9-11,21H2,1-3H3. The second kappa shape index (κ2) is 8.53. The van der Waals surface area contributed by atoms with Crippen LogP contribution in [0.15, 0.2) is 24.3 Å². The van der Waals surface area contributed by atoms with Gasteiger partial charge in [0, 0.05) is 13.6 Å². The Morgan fingerprint density at radius 2 is 1.88 bits per heavy atom. The number of nitrogens with zero attached hydrogens (tertiary/aromatic N) is 1. The lowest BCUT2D eigenvalue weighted by atomic mass is 9.96. The van der Waals surface area contributed by atoms with E-state index in [-0.39, 0.29) is 24.8 Å². The minimum atomic E-state index is -4.41. The number of amides is 1. The van der Waals surface area contributed by atoms with Crippen molar-refractivity contribution in [2.24, 2.45) is 5.73 Å². The molecule has 1 aromatic carbocycles. The minimum absolute atomic E-state index is 0.00989. The molecular formula is C17H25F3N2O3. The summed E-state index contributed by atoms with van der Waals surface area (Å²) in [7, 11) is 1.53. The van der Waals surface area contributed by atoms with E-state index in [9.17, 15) is 23.1 Å². The Balaban J connectivity index is 2.52. The Labute approximate surface area is 145 Å². The Morgan fingerprint density at radius 1 is 1.32 bits per heavy atom. The maximum Gasteiger partial charge on any atom is 0.416 e. The van der Waals surface area contributed by atoms with Crippen LogP contribution in [0.25, 0.3) is 0 Å². The average molecular weight is 362 g/mol. The molecule has 142 valence electrons. The predicted molar refractivity (Wildman–Crippen MR) is 88.1 cm³/mol. The van der Waals surface area contributed by atoms with Crippen molar-refractivity contribution >= 4 is 5.91 Å². The fourth-order valence-corrected chi connectivity index (χ4v) is 2.45. The van der Waals surface area contributed by atoms with Crippen LogP contribution in [0.1, 0.15) is 32.3 Å². The molecule has 0 aliphatic rings. The molecule has 3 N–H and O–H groups in total. The molecule has 0 aliphatic heterocycles. The van der Waals surface area contributed by atoms with Crippen molar-refractivity contribution < 1.29 is 27.8 Å². The van der Waals surface area contributed by atoms with Gasteiger partial charge in [-0.25, -0.2) is 0 Å². The smallest absolute Gasteiger partial charge is 0.416 e. The van der Waals surface area contributed by atoms with Gasteiger partial charge in [-0.1, -0.05) is 13.3 Å². The van der Waals surface area contributed by atoms with Crippen LogP contribution in [0.5, 0.6) is 5.75 Å². The van der Waals surface area contributed by atoms with E-state index in [0.717, 1.165) is 18.6 Å². The van der Waals surface area contributed by atoms with Gasteiger partial charge < -0.3 is 20.5 Å². The lowest BCUT2D eigenvalue weighted by molar-refractivity contribution is -0.137. The second-order valence-electron chi connectivity index (χ2n) is 6.34. The summed E-state index contributed by atoms with van der Waals surface area (Å²) in [6.07, 6.45) is -4.12. The molecule has 1 amide bonds. The molecule has 0 radical (unpaired) electrons. The third kappa shape index (κ3) is 6.55. The first kappa shape index (κ1) is 21.2. The normalized spacial score (nSPS) is 15.4. The highest BCUT2D eigenvalue weighted by Crippen LogP contribution is 2.30. The van der Waals surface area contributed by atoms with Gasteiger partial charge in [-0.05, 0) is 37.6 Å². The molecule has 1 aromatic rings. The summed E-state index contributed by atoms with van der Waals surface area (Å²) in [4.78, 5) is 13.6. The number of halogens is 3. The Morgan fingerprint density at radius 3 is 2.36 bits per heavy atom. The molecule has 25 heavy (non-hydrogen) atoms. The van der Waals surface area contributed by atoms with Gasteiger partial charge in [-0.15, -0.1) is 0 Å². The van der Waals surface area contributed by atoms with Gasteiger partial charge in [0.05, 0.1) is 11.1 Å². The summed E-state index contributed by atoms with van der Waals surface area (Å²) in [5.74, 6) is -0.0846. The maximum atomic E-state index is 12.5. The highest BCUT2D eigenvalue weighted by atomic mass is 19.4. The predicted octanol–water partition coefficient (Wildman–Crippen LogP) is 2.42. The number of rotatable bonds is 8. The summed E-state index contributed by atoms with van der Waals surface area (Å²) in [5, 5.41) is 9.97. The highest BCUT2D eigenvalue weighted by molar-refractivity contribution is 5.85. The highest BCUT2D eigenvalue weighted by Gasteiger charge is 2.31. The molecular weight excluding hydrogens is 337 g/mol. The van der Waals surface area contributed by atoms with Crippen molar-refractivity contribution in [3.05, 3.63) is 29.8 Å². The van der Waals surface area contributed by atoms with Gasteiger partial charge in [-0.2, -0.15) is 13.2 Å². The number of aliphatic hydroxyl groups is 1. The Kier molecular flexibility index (Phi) is 7.25. The Bertz CT molecular complexity index is 559. The molecule has 0 spiro atoms. The van der Waals surface area contributed by atoms with E-state index in [1.807, 2.05) is 6.92 Å². The summed E-state index contributed by atoms with van der Waals surface area (Å²) in [6, 6.07) is 4.18. The SMILES string of the molecule is CCCC(C)(N)C(=O)N(C)CC(O)COc1ccc(C(F)(F)F)cc1. The molecule has 0 saturated carbocycles. The van der Waals surface area contributed by atoms with E-state index in [1.54, 1.807) is 6.92 Å². The van der Waals surface area contributed by atoms with Crippen LogP contribution in [-0.2, 0) is 11.0 Å². The molecule has 0 fully saturated rings. The van der Waals surface area contributed by atoms with E-state index >= 15 is 0 Å². The van der Waals surface area contributed by atoms with Gasteiger partial charge in [0.2, 0.25) is 5.91 Å². The van der Waals surface area contributed by atoms with E-state index in [4.69, 9.17) is 10.5 Å². The van der Waals surface area contributed by atoms with E-state index < -0.39 is 23.4 Å². The number of hydrogen-bond acceptors (Lipinski definition) is 4. The summed E-state index contributed by atoms with van der Waals surface area (Å²) < 4.78 is 42.7. The summed E-state index contributed by atoms with van der Waals surface area (Å²) in [6.45, 7) is 3.42. The quantitative estimate of drug-likeness (QED) is 0.745. The third-order valence-corrected chi connectivity index (χ3v) is 3.71. The molecule has 2 unspecified atom stereocenters. The van der Waals surface area contributed by atoms with E-state index in [0.29, 0.717) is 6.42 Å². The molecule has 2 atom stereocenters. The fraction of sp³-hybridized carbons (Fsp3) is 0.588. The summed E-state index contributed by atoms with van der Waals surface area (Å²) >= 11 is 0.